The molecule has 0 amide bonds. The van der Waals surface area contributed by atoms with E-state index in [0.717, 1.165) is 11.8 Å². The summed E-state index contributed by atoms with van der Waals surface area (Å²) in [5.41, 5.74) is 0.572. The Labute approximate surface area is 138 Å². The number of anilines is 1. The van der Waals surface area contributed by atoms with Gasteiger partial charge in [-0.2, -0.15) is 0 Å². The molecule has 0 N–H and O–H groups in total. The fourth-order valence-electron chi connectivity index (χ4n) is 2.16. The molecule has 0 spiro atoms. The number of para-hydroxylation sites is 1. The van der Waals surface area contributed by atoms with Crippen molar-refractivity contribution in [2.75, 3.05) is 18.2 Å². The van der Waals surface area contributed by atoms with E-state index in [4.69, 9.17) is 11.6 Å². The van der Waals surface area contributed by atoms with E-state index in [1.807, 2.05) is 0 Å². The van der Waals surface area contributed by atoms with Crippen LogP contribution in [0, 0.1) is 10.1 Å². The zero-order valence-electron chi connectivity index (χ0n) is 12.4. The maximum Gasteiger partial charge on any atom is 0.311 e. The molecule has 1 aromatic carbocycles. The molecule has 1 heterocycles. The maximum atomic E-state index is 11.8. The molecule has 0 unspecified atom stereocenters. The van der Waals surface area contributed by atoms with Gasteiger partial charge in [-0.1, -0.05) is 23.7 Å². The number of hydrogen-bond donors (Lipinski definition) is 0. The van der Waals surface area contributed by atoms with Crippen molar-refractivity contribution >= 4 is 32.8 Å². The third-order valence-electron chi connectivity index (χ3n) is 3.18. The quantitative estimate of drug-likeness (QED) is 0.465. The van der Waals surface area contributed by atoms with Crippen LogP contribution in [0.15, 0.2) is 41.4 Å². The Hall–Kier alpha value is -2.19. The van der Waals surface area contributed by atoms with Gasteiger partial charge >= 0.3 is 5.69 Å². The van der Waals surface area contributed by atoms with Crippen molar-refractivity contribution in [1.29, 1.82) is 0 Å². The second-order valence-electron chi connectivity index (χ2n) is 5.00. The Kier molecular flexibility index (Phi) is 4.86. The van der Waals surface area contributed by atoms with Crippen LogP contribution in [0.25, 0.3) is 0 Å². The van der Waals surface area contributed by atoms with Crippen LogP contribution in [-0.4, -0.2) is 31.6 Å². The summed E-state index contributed by atoms with van der Waals surface area (Å²) in [5.74, 6) is 0. The van der Waals surface area contributed by atoms with E-state index < -0.39 is 20.4 Å². The molecule has 0 fully saturated rings. The monoisotopic (exact) mass is 355 g/mol. The van der Waals surface area contributed by atoms with Crippen LogP contribution < -0.4 is 4.90 Å². The molecule has 9 heteroatoms. The van der Waals surface area contributed by atoms with E-state index in [1.165, 1.54) is 18.2 Å². The first-order chi connectivity index (χ1) is 10.7. The lowest BCUT2D eigenvalue weighted by Crippen LogP contribution is -2.19. The molecule has 0 aliphatic heterocycles. The summed E-state index contributed by atoms with van der Waals surface area (Å²) in [6.07, 6.45) is 2.51. The molecular formula is C14H14ClN3O4S. The molecule has 122 valence electrons. The molecule has 1 aromatic heterocycles. The first-order valence-electron chi connectivity index (χ1n) is 6.49. The maximum absolute atomic E-state index is 11.8. The summed E-state index contributed by atoms with van der Waals surface area (Å²) >= 11 is 5.72. The Morgan fingerprint density at radius 2 is 2.00 bits per heavy atom. The minimum atomic E-state index is -3.71. The highest BCUT2D eigenvalue weighted by Crippen LogP contribution is 2.34. The van der Waals surface area contributed by atoms with Crippen molar-refractivity contribution in [1.82, 2.24) is 4.98 Å². The Morgan fingerprint density at radius 3 is 2.52 bits per heavy atom. The minimum absolute atomic E-state index is 0.216. The van der Waals surface area contributed by atoms with Gasteiger partial charge in [0, 0.05) is 26.0 Å². The highest BCUT2D eigenvalue weighted by molar-refractivity contribution is 7.90. The van der Waals surface area contributed by atoms with Crippen molar-refractivity contribution < 1.29 is 13.3 Å². The van der Waals surface area contributed by atoms with Crippen molar-refractivity contribution in [3.8, 4) is 0 Å². The highest BCUT2D eigenvalue weighted by atomic mass is 35.5. The summed E-state index contributed by atoms with van der Waals surface area (Å²) in [7, 11) is -2.07. The predicted molar refractivity (Wildman–Crippen MR) is 87.6 cm³/mol. The van der Waals surface area contributed by atoms with E-state index in [1.54, 1.807) is 30.3 Å². The predicted octanol–water partition coefficient (Wildman–Crippen LogP) is 2.68. The average molecular weight is 356 g/mol. The number of halogens is 1. The normalized spacial score (nSPS) is 11.3. The molecule has 23 heavy (non-hydrogen) atoms. The number of sulfone groups is 1. The topological polar surface area (TPSA) is 93.4 Å². The standard InChI is InChI=1S/C14H14ClN3O4S/c1-17(9-10-6-7-13(15)16-8-10)11-4-3-5-12(23(2,21)22)14(11)18(19)20/h3-8H,9H2,1-2H3. The van der Waals surface area contributed by atoms with Gasteiger partial charge in [0.15, 0.2) is 9.84 Å². The number of hydrogen-bond acceptors (Lipinski definition) is 6. The number of rotatable bonds is 5. The molecule has 0 aliphatic carbocycles. The van der Waals surface area contributed by atoms with Gasteiger partial charge in [-0.05, 0) is 23.8 Å². The molecule has 0 aliphatic rings. The molecular weight excluding hydrogens is 342 g/mol. The lowest BCUT2D eigenvalue weighted by molar-refractivity contribution is -0.387. The van der Waals surface area contributed by atoms with E-state index in [2.05, 4.69) is 4.98 Å². The summed E-state index contributed by atoms with van der Waals surface area (Å²) < 4.78 is 23.6. The molecule has 0 radical (unpaired) electrons. The Morgan fingerprint density at radius 1 is 1.30 bits per heavy atom. The van der Waals surface area contributed by atoms with Crippen molar-refractivity contribution in [3.63, 3.8) is 0 Å². The van der Waals surface area contributed by atoms with Crippen LogP contribution >= 0.6 is 11.6 Å². The van der Waals surface area contributed by atoms with Crippen molar-refractivity contribution in [3.05, 3.63) is 57.4 Å². The number of nitrogens with zero attached hydrogens (tertiary/aromatic N) is 3. The average Bonchev–Trinajstić information content (AvgIpc) is 2.47. The number of nitro groups is 1. The molecule has 0 saturated heterocycles. The largest absolute Gasteiger partial charge is 0.365 e. The highest BCUT2D eigenvalue weighted by Gasteiger charge is 2.27. The smallest absolute Gasteiger partial charge is 0.311 e. The van der Waals surface area contributed by atoms with Crippen LogP contribution in [-0.2, 0) is 16.4 Å². The van der Waals surface area contributed by atoms with E-state index in [0.29, 0.717) is 11.7 Å². The van der Waals surface area contributed by atoms with Crippen LogP contribution in [0.2, 0.25) is 5.15 Å². The van der Waals surface area contributed by atoms with Gasteiger partial charge in [-0.15, -0.1) is 0 Å². The summed E-state index contributed by atoms with van der Waals surface area (Å²) in [6.45, 7) is 0.318. The first-order valence-corrected chi connectivity index (χ1v) is 8.76. The van der Waals surface area contributed by atoms with Gasteiger partial charge in [0.05, 0.1) is 4.92 Å². The van der Waals surface area contributed by atoms with Gasteiger partial charge < -0.3 is 4.90 Å². The minimum Gasteiger partial charge on any atom is -0.365 e. The Balaban J connectivity index is 2.46. The third kappa shape index (κ3) is 3.96. The van der Waals surface area contributed by atoms with Crippen LogP contribution in [0.3, 0.4) is 0 Å². The van der Waals surface area contributed by atoms with Crippen LogP contribution in [0.4, 0.5) is 11.4 Å². The van der Waals surface area contributed by atoms with Crippen molar-refractivity contribution in [2.24, 2.45) is 0 Å². The fourth-order valence-corrected chi connectivity index (χ4v) is 3.13. The fraction of sp³-hybridized carbons (Fsp3) is 0.214. The van der Waals surface area contributed by atoms with Crippen LogP contribution in [0.1, 0.15) is 5.56 Å². The number of aromatic nitrogens is 1. The van der Waals surface area contributed by atoms with E-state index in [9.17, 15) is 18.5 Å². The van der Waals surface area contributed by atoms with E-state index in [-0.39, 0.29) is 10.6 Å². The number of pyridine rings is 1. The second-order valence-corrected chi connectivity index (χ2v) is 7.37. The molecule has 2 aromatic rings. The zero-order chi connectivity index (χ0) is 17.2. The molecule has 0 saturated carbocycles. The second kappa shape index (κ2) is 6.51. The van der Waals surface area contributed by atoms with Crippen LogP contribution in [0.5, 0.6) is 0 Å². The lowest BCUT2D eigenvalue weighted by atomic mass is 10.2. The van der Waals surface area contributed by atoms with Gasteiger partial charge in [0.1, 0.15) is 15.7 Å². The number of nitro benzene ring substituents is 1. The van der Waals surface area contributed by atoms with Gasteiger partial charge in [-0.3, -0.25) is 10.1 Å². The zero-order valence-corrected chi connectivity index (χ0v) is 14.0. The molecule has 2 rings (SSSR count). The summed E-state index contributed by atoms with van der Waals surface area (Å²) in [6, 6.07) is 7.59. The summed E-state index contributed by atoms with van der Waals surface area (Å²) in [4.78, 5) is 15.9. The Bertz CT molecular complexity index is 838. The van der Waals surface area contributed by atoms with Gasteiger partial charge in [0.2, 0.25) is 0 Å². The molecule has 7 nitrogen and oxygen atoms in total. The third-order valence-corrected chi connectivity index (χ3v) is 4.53. The van der Waals surface area contributed by atoms with E-state index >= 15 is 0 Å². The SMILES string of the molecule is CN(Cc1ccc(Cl)nc1)c1cccc(S(C)(=O)=O)c1[N+](=O)[O-]. The van der Waals surface area contributed by atoms with Crippen molar-refractivity contribution in [2.45, 2.75) is 11.4 Å². The lowest BCUT2D eigenvalue weighted by Gasteiger charge is -2.20. The molecule has 0 atom stereocenters. The number of benzene rings is 1. The van der Waals surface area contributed by atoms with Gasteiger partial charge in [-0.25, -0.2) is 13.4 Å². The summed E-state index contributed by atoms with van der Waals surface area (Å²) in [5, 5.41) is 11.7. The first kappa shape index (κ1) is 17.2. The van der Waals surface area contributed by atoms with Gasteiger partial charge in [0.25, 0.3) is 0 Å². The molecule has 0 bridgehead atoms.